The number of rotatable bonds is 9. The summed E-state index contributed by atoms with van der Waals surface area (Å²) in [7, 11) is 7.27. The Labute approximate surface area is 198 Å². The molecule has 6 nitrogen and oxygen atoms in total. The monoisotopic (exact) mass is 483 g/mol. The summed E-state index contributed by atoms with van der Waals surface area (Å²) in [5, 5.41) is 1.22. The van der Waals surface area contributed by atoms with Gasteiger partial charge in [0.2, 0.25) is 5.91 Å². The van der Waals surface area contributed by atoms with Crippen LogP contribution in [0.5, 0.6) is 11.5 Å². The molecule has 3 aromatic rings. The molecule has 0 saturated carbocycles. The van der Waals surface area contributed by atoms with Crippen molar-refractivity contribution in [2.75, 3.05) is 46.3 Å². The number of carbonyl (C=O) groups is 1. The Bertz CT molecular complexity index is 985. The van der Waals surface area contributed by atoms with Gasteiger partial charge in [-0.15, -0.1) is 12.4 Å². The molecule has 0 unspecified atom stereocenters. The number of thiazole rings is 1. The Morgan fingerprint density at radius 2 is 1.74 bits per heavy atom. The number of nitrogens with zero attached hydrogens (tertiary/aromatic N) is 3. The molecule has 0 atom stereocenters. The van der Waals surface area contributed by atoms with Gasteiger partial charge in [0.15, 0.2) is 5.13 Å². The van der Waals surface area contributed by atoms with Gasteiger partial charge in [0.25, 0.3) is 0 Å². The van der Waals surface area contributed by atoms with Crippen LogP contribution in [0, 0.1) is 0 Å². The van der Waals surface area contributed by atoms with E-state index in [4.69, 9.17) is 26.1 Å². The van der Waals surface area contributed by atoms with Gasteiger partial charge < -0.3 is 14.4 Å². The Hall–Kier alpha value is -2.06. The van der Waals surface area contributed by atoms with Gasteiger partial charge in [0.05, 0.1) is 20.6 Å². The van der Waals surface area contributed by atoms with Crippen molar-refractivity contribution >= 4 is 56.6 Å². The van der Waals surface area contributed by atoms with Gasteiger partial charge in [-0.05, 0) is 50.8 Å². The third kappa shape index (κ3) is 6.01. The average molecular weight is 484 g/mol. The number of carbonyl (C=O) groups excluding carboxylic acids is 1. The summed E-state index contributed by atoms with van der Waals surface area (Å²) in [6.45, 7) is 1.43. The molecule has 1 aromatic heterocycles. The van der Waals surface area contributed by atoms with Crippen molar-refractivity contribution in [3.8, 4) is 11.5 Å². The second-order valence-corrected chi connectivity index (χ2v) is 8.50. The smallest absolute Gasteiger partial charge is 0.233 e. The summed E-state index contributed by atoms with van der Waals surface area (Å²) in [5.74, 6) is 1.32. The Balaban J connectivity index is 0.00000341. The fourth-order valence-corrected chi connectivity index (χ4v) is 4.48. The normalized spacial score (nSPS) is 10.8. The second kappa shape index (κ2) is 11.5. The molecule has 9 heteroatoms. The number of methoxy groups -OCH3 is 2. The van der Waals surface area contributed by atoms with Crippen LogP contribution < -0.4 is 14.4 Å². The molecule has 168 valence electrons. The van der Waals surface area contributed by atoms with Gasteiger partial charge >= 0.3 is 0 Å². The number of amides is 1. The van der Waals surface area contributed by atoms with Crippen molar-refractivity contribution in [3.05, 3.63) is 47.0 Å². The maximum Gasteiger partial charge on any atom is 0.233 e. The first-order valence-corrected chi connectivity index (χ1v) is 10.8. The maximum absolute atomic E-state index is 13.3. The van der Waals surface area contributed by atoms with E-state index in [-0.39, 0.29) is 24.7 Å². The highest BCUT2D eigenvalue weighted by Gasteiger charge is 2.23. The third-order valence-corrected chi connectivity index (χ3v) is 6.18. The van der Waals surface area contributed by atoms with Crippen LogP contribution in [0.15, 0.2) is 36.4 Å². The molecule has 2 aromatic carbocycles. The standard InChI is InChI=1S/C22H26ClN3O3S.ClH/c1-25(2)12-7-13-26(19(27)14-15-8-5-6-9-16(15)23)22-24-20-17(28-3)10-11-18(29-4)21(20)30-22;/h5-6,8-11H,7,12-14H2,1-4H3;1H. The van der Waals surface area contributed by atoms with Crippen molar-refractivity contribution in [3.63, 3.8) is 0 Å². The summed E-state index contributed by atoms with van der Waals surface area (Å²) in [6, 6.07) is 11.1. The van der Waals surface area contributed by atoms with E-state index in [1.54, 1.807) is 25.2 Å². The molecule has 0 aliphatic carbocycles. The minimum absolute atomic E-state index is 0. The first-order chi connectivity index (χ1) is 14.4. The largest absolute Gasteiger partial charge is 0.495 e. The number of fused-ring (bicyclic) bond motifs is 1. The molecule has 0 saturated heterocycles. The van der Waals surface area contributed by atoms with Crippen LogP contribution in [0.4, 0.5) is 5.13 Å². The highest BCUT2D eigenvalue weighted by molar-refractivity contribution is 7.22. The molecule has 3 rings (SSSR count). The number of aromatic nitrogens is 1. The minimum Gasteiger partial charge on any atom is -0.495 e. The summed E-state index contributed by atoms with van der Waals surface area (Å²) < 4.78 is 11.8. The van der Waals surface area contributed by atoms with E-state index in [2.05, 4.69) is 4.90 Å². The van der Waals surface area contributed by atoms with E-state index in [1.165, 1.54) is 11.3 Å². The lowest BCUT2D eigenvalue weighted by Gasteiger charge is -2.21. The topological polar surface area (TPSA) is 54.9 Å². The molecule has 0 bridgehead atoms. The summed E-state index contributed by atoms with van der Waals surface area (Å²) >= 11 is 7.72. The fourth-order valence-electron chi connectivity index (χ4n) is 3.16. The van der Waals surface area contributed by atoms with Gasteiger partial charge in [-0.25, -0.2) is 4.98 Å². The van der Waals surface area contributed by atoms with Crippen molar-refractivity contribution in [2.24, 2.45) is 0 Å². The fraction of sp³-hybridized carbons (Fsp3) is 0.364. The molecule has 1 amide bonds. The molecule has 31 heavy (non-hydrogen) atoms. The van der Waals surface area contributed by atoms with Gasteiger partial charge in [-0.1, -0.05) is 41.1 Å². The van der Waals surface area contributed by atoms with E-state index in [0.29, 0.717) is 33.7 Å². The summed E-state index contributed by atoms with van der Waals surface area (Å²) in [4.78, 5) is 21.9. The average Bonchev–Trinajstić information content (AvgIpc) is 3.16. The first-order valence-electron chi connectivity index (χ1n) is 9.64. The van der Waals surface area contributed by atoms with Crippen molar-refractivity contribution in [1.82, 2.24) is 9.88 Å². The number of halogens is 2. The molecule has 1 heterocycles. The lowest BCUT2D eigenvalue weighted by molar-refractivity contribution is -0.118. The van der Waals surface area contributed by atoms with E-state index in [1.807, 2.05) is 44.4 Å². The van der Waals surface area contributed by atoms with Gasteiger partial charge in [0.1, 0.15) is 21.7 Å². The van der Waals surface area contributed by atoms with Gasteiger partial charge in [0, 0.05) is 11.6 Å². The lowest BCUT2D eigenvalue weighted by Crippen LogP contribution is -2.34. The van der Waals surface area contributed by atoms with E-state index < -0.39 is 0 Å². The number of hydrogen-bond acceptors (Lipinski definition) is 6. The molecule has 0 radical (unpaired) electrons. The molecule has 0 N–H and O–H groups in total. The first kappa shape index (κ1) is 25.2. The Kier molecular flexibility index (Phi) is 9.37. The van der Waals surface area contributed by atoms with E-state index in [0.717, 1.165) is 23.2 Å². The molecule has 0 aliphatic heterocycles. The van der Waals surface area contributed by atoms with Crippen LogP contribution in [0.3, 0.4) is 0 Å². The zero-order valence-corrected chi connectivity index (χ0v) is 20.4. The van der Waals surface area contributed by atoms with Gasteiger partial charge in [-0.3, -0.25) is 9.69 Å². The van der Waals surface area contributed by atoms with Crippen LogP contribution in [0.1, 0.15) is 12.0 Å². The predicted molar refractivity (Wildman–Crippen MR) is 131 cm³/mol. The van der Waals surface area contributed by atoms with Crippen LogP contribution in [0.25, 0.3) is 10.2 Å². The van der Waals surface area contributed by atoms with Crippen molar-refractivity contribution < 1.29 is 14.3 Å². The van der Waals surface area contributed by atoms with E-state index >= 15 is 0 Å². The highest BCUT2D eigenvalue weighted by Crippen LogP contribution is 2.40. The van der Waals surface area contributed by atoms with Crippen LogP contribution in [-0.2, 0) is 11.2 Å². The SMILES string of the molecule is COc1ccc(OC)c2sc(N(CCCN(C)C)C(=O)Cc3ccccc3Cl)nc12.Cl. The third-order valence-electron chi connectivity index (χ3n) is 4.72. The molecule has 0 aliphatic rings. The van der Waals surface area contributed by atoms with Crippen LogP contribution in [0.2, 0.25) is 5.02 Å². The van der Waals surface area contributed by atoms with Crippen LogP contribution >= 0.6 is 35.3 Å². The number of ether oxygens (including phenoxy) is 2. The second-order valence-electron chi connectivity index (χ2n) is 7.11. The van der Waals surface area contributed by atoms with Gasteiger partial charge in [-0.2, -0.15) is 0 Å². The minimum atomic E-state index is -0.0427. The maximum atomic E-state index is 13.3. The molecule has 0 fully saturated rings. The quantitative estimate of drug-likeness (QED) is 0.432. The zero-order chi connectivity index (χ0) is 21.7. The summed E-state index contributed by atoms with van der Waals surface area (Å²) in [5.41, 5.74) is 1.50. The van der Waals surface area contributed by atoms with Crippen molar-refractivity contribution in [1.29, 1.82) is 0 Å². The Morgan fingerprint density at radius 1 is 1.06 bits per heavy atom. The van der Waals surface area contributed by atoms with Crippen molar-refractivity contribution in [2.45, 2.75) is 12.8 Å². The number of hydrogen-bond donors (Lipinski definition) is 0. The summed E-state index contributed by atoms with van der Waals surface area (Å²) in [6.07, 6.45) is 1.04. The molecule has 0 spiro atoms. The lowest BCUT2D eigenvalue weighted by atomic mass is 10.1. The zero-order valence-electron chi connectivity index (χ0n) is 18.1. The molecular formula is C22H27Cl2N3O3S. The highest BCUT2D eigenvalue weighted by atomic mass is 35.5. The Morgan fingerprint density at radius 3 is 2.39 bits per heavy atom. The number of benzene rings is 2. The predicted octanol–water partition coefficient (Wildman–Crippen LogP) is 4.92. The van der Waals surface area contributed by atoms with E-state index in [9.17, 15) is 4.79 Å². The van der Waals surface area contributed by atoms with Crippen LogP contribution in [-0.4, -0.2) is 57.2 Å². The number of anilines is 1. The molecular weight excluding hydrogens is 457 g/mol.